The average molecular weight is 537 g/mol. The predicted molar refractivity (Wildman–Crippen MR) is 111 cm³/mol. The molecule has 1 aliphatic heterocycles. The van der Waals surface area contributed by atoms with Crippen molar-refractivity contribution < 1.29 is 65.7 Å². The second kappa shape index (κ2) is 11.9. The first kappa shape index (κ1) is 29.3. The fourth-order valence-corrected chi connectivity index (χ4v) is 3.36. The van der Waals surface area contributed by atoms with E-state index in [0.717, 1.165) is 33.8 Å². The molecule has 1 fully saturated rings. The van der Waals surface area contributed by atoms with Crippen molar-refractivity contribution in [2.45, 2.75) is 64.6 Å². The molecule has 0 aliphatic carbocycles. The first-order chi connectivity index (χ1) is 17.1. The van der Waals surface area contributed by atoms with Gasteiger partial charge in [0, 0.05) is 39.8 Å². The van der Waals surface area contributed by atoms with Crippen LogP contribution >= 0.6 is 0 Å². The molecule has 37 heavy (non-hydrogen) atoms. The van der Waals surface area contributed by atoms with E-state index in [2.05, 4.69) is 0 Å². The van der Waals surface area contributed by atoms with E-state index in [9.17, 15) is 42.5 Å². The number of halogens is 3. The van der Waals surface area contributed by atoms with Crippen LogP contribution in [-0.2, 0) is 49.0 Å². The zero-order valence-corrected chi connectivity index (χ0v) is 19.8. The Morgan fingerprint density at radius 2 is 1.46 bits per heavy atom. The van der Waals surface area contributed by atoms with Crippen LogP contribution in [0.1, 0.15) is 33.3 Å². The van der Waals surface area contributed by atoms with Crippen molar-refractivity contribution in [2.75, 3.05) is 6.61 Å². The Labute approximate surface area is 206 Å². The number of nitro groups is 1. The van der Waals surface area contributed by atoms with Crippen molar-refractivity contribution in [1.82, 2.24) is 0 Å². The summed E-state index contributed by atoms with van der Waals surface area (Å²) in [5.41, 5.74) is -2.45. The minimum absolute atomic E-state index is 0.223. The molecule has 2 rings (SSSR count). The van der Waals surface area contributed by atoms with Crippen LogP contribution < -0.4 is 4.74 Å². The third-order valence-electron chi connectivity index (χ3n) is 4.67. The molecule has 0 amide bonds. The van der Waals surface area contributed by atoms with Gasteiger partial charge >= 0.3 is 30.1 Å². The van der Waals surface area contributed by atoms with Gasteiger partial charge in [0.05, 0.1) is 4.92 Å². The van der Waals surface area contributed by atoms with Crippen LogP contribution in [-0.4, -0.2) is 66.1 Å². The maximum atomic E-state index is 13.7. The van der Waals surface area contributed by atoms with Gasteiger partial charge in [-0.2, -0.15) is 13.2 Å². The number of nitrogens with zero attached hydrogens (tertiary/aromatic N) is 1. The van der Waals surface area contributed by atoms with Gasteiger partial charge in [-0.25, -0.2) is 0 Å². The van der Waals surface area contributed by atoms with Crippen LogP contribution in [0.5, 0.6) is 5.75 Å². The number of ether oxygens (including phenoxy) is 6. The summed E-state index contributed by atoms with van der Waals surface area (Å²) >= 11 is 0. The van der Waals surface area contributed by atoms with Crippen molar-refractivity contribution in [2.24, 2.45) is 0 Å². The lowest BCUT2D eigenvalue weighted by Gasteiger charge is -2.44. The maximum absolute atomic E-state index is 13.7. The second-order valence-corrected chi connectivity index (χ2v) is 7.62. The Morgan fingerprint density at radius 1 is 0.919 bits per heavy atom. The summed E-state index contributed by atoms with van der Waals surface area (Å²) in [5, 5.41) is 11.0. The highest BCUT2D eigenvalue weighted by Crippen LogP contribution is 2.40. The van der Waals surface area contributed by atoms with Crippen LogP contribution in [0.25, 0.3) is 0 Å². The molecule has 0 saturated carbocycles. The Kier molecular flexibility index (Phi) is 9.38. The molecular weight excluding hydrogens is 515 g/mol. The van der Waals surface area contributed by atoms with Gasteiger partial charge < -0.3 is 28.4 Å². The second-order valence-electron chi connectivity index (χ2n) is 7.62. The first-order valence-electron chi connectivity index (χ1n) is 10.4. The lowest BCUT2D eigenvalue weighted by atomic mass is 9.98. The van der Waals surface area contributed by atoms with Crippen molar-refractivity contribution >= 4 is 29.6 Å². The molecule has 0 aromatic heterocycles. The van der Waals surface area contributed by atoms with Crippen molar-refractivity contribution in [1.29, 1.82) is 0 Å². The van der Waals surface area contributed by atoms with Crippen molar-refractivity contribution in [3.63, 3.8) is 0 Å². The number of esters is 4. The van der Waals surface area contributed by atoms with Gasteiger partial charge in [-0.3, -0.25) is 29.3 Å². The molecule has 0 bridgehead atoms. The first-order valence-corrected chi connectivity index (χ1v) is 10.4. The molecule has 1 aromatic rings. The van der Waals surface area contributed by atoms with Gasteiger partial charge in [-0.05, 0) is 6.07 Å². The molecule has 1 aromatic carbocycles. The third-order valence-corrected chi connectivity index (χ3v) is 4.67. The van der Waals surface area contributed by atoms with Gasteiger partial charge in [0.25, 0.3) is 5.69 Å². The third kappa shape index (κ3) is 8.03. The zero-order chi connectivity index (χ0) is 28.1. The minimum Gasteiger partial charge on any atom is -0.463 e. The Morgan fingerprint density at radius 3 is 1.95 bits per heavy atom. The molecule has 0 unspecified atom stereocenters. The number of hydrogen-bond acceptors (Lipinski definition) is 12. The van der Waals surface area contributed by atoms with Crippen LogP contribution in [0.4, 0.5) is 18.9 Å². The molecule has 13 nitrogen and oxygen atoms in total. The summed E-state index contributed by atoms with van der Waals surface area (Å²) in [6.45, 7) is 3.28. The van der Waals surface area contributed by atoms with Crippen LogP contribution in [0.2, 0.25) is 0 Å². The monoisotopic (exact) mass is 537 g/mol. The Hall–Kier alpha value is -3.95. The highest BCUT2D eigenvalue weighted by Gasteiger charge is 2.54. The summed E-state index contributed by atoms with van der Waals surface area (Å²) in [6, 6.07) is 1.60. The van der Waals surface area contributed by atoms with Crippen LogP contribution in [0.3, 0.4) is 0 Å². The van der Waals surface area contributed by atoms with E-state index in [4.69, 9.17) is 28.4 Å². The fourth-order valence-electron chi connectivity index (χ4n) is 3.36. The lowest BCUT2D eigenvalue weighted by molar-refractivity contribution is -0.385. The number of rotatable bonds is 8. The van der Waals surface area contributed by atoms with Gasteiger partial charge in [0.2, 0.25) is 12.4 Å². The van der Waals surface area contributed by atoms with Gasteiger partial charge in [-0.15, -0.1) is 0 Å². The standard InChI is InChI=1S/C21H22F3NO12/c1-9(26)32-8-16-17(33-10(2)27)18(34-11(3)28)19(35-12(4)29)20(37-16)36-15-6-5-13(25(30)31)7-14(15)21(22,23)24/h5-7,16-20H,8H2,1-4H3/t16-,17+,18+,19-,20-/m1/s1. The molecule has 0 radical (unpaired) electrons. The molecule has 1 aliphatic rings. The molecule has 1 saturated heterocycles. The number of nitro benzene ring substituents is 1. The van der Waals surface area contributed by atoms with E-state index in [1.165, 1.54) is 0 Å². The molecular formula is C21H22F3NO12. The number of carbonyl (C=O) groups excluding carboxylic acids is 4. The molecule has 5 atom stereocenters. The van der Waals surface area contributed by atoms with Gasteiger partial charge in [0.1, 0.15) is 24.0 Å². The average Bonchev–Trinajstić information content (AvgIpc) is 2.74. The lowest BCUT2D eigenvalue weighted by Crippen LogP contribution is -2.63. The number of carbonyl (C=O) groups is 4. The smallest absolute Gasteiger partial charge is 0.420 e. The predicted octanol–water partition coefficient (Wildman–Crippen LogP) is 2.08. The summed E-state index contributed by atoms with van der Waals surface area (Å²) in [6.07, 6.45) is -13.6. The minimum atomic E-state index is -5.13. The van der Waals surface area contributed by atoms with E-state index in [1.807, 2.05) is 0 Å². The summed E-state index contributed by atoms with van der Waals surface area (Å²) in [4.78, 5) is 56.6. The van der Waals surface area contributed by atoms with E-state index in [0.29, 0.717) is 6.07 Å². The van der Waals surface area contributed by atoms with E-state index < -0.39 is 89.3 Å². The molecule has 0 N–H and O–H groups in total. The number of non-ortho nitro benzene ring substituents is 1. The fraction of sp³-hybridized carbons (Fsp3) is 0.524. The number of benzene rings is 1. The molecule has 1 heterocycles. The van der Waals surface area contributed by atoms with Crippen molar-refractivity contribution in [3.05, 3.63) is 33.9 Å². The largest absolute Gasteiger partial charge is 0.463 e. The molecule has 204 valence electrons. The Balaban J connectivity index is 2.60. The molecule has 16 heteroatoms. The SMILES string of the molecule is CC(=O)OC[C@H]1O[C@@H](Oc2ccc([N+](=O)[O-])cc2C(F)(F)F)[C@H](OC(C)=O)[C@@H](OC(C)=O)[C@H]1OC(C)=O. The summed E-state index contributed by atoms with van der Waals surface area (Å²) in [7, 11) is 0. The maximum Gasteiger partial charge on any atom is 0.420 e. The normalized spacial score (nSPS) is 23.4. The summed E-state index contributed by atoms with van der Waals surface area (Å²) < 4.78 is 72.3. The van der Waals surface area contributed by atoms with E-state index in [1.54, 1.807) is 0 Å². The van der Waals surface area contributed by atoms with Crippen LogP contribution in [0, 0.1) is 10.1 Å². The van der Waals surface area contributed by atoms with Gasteiger partial charge in [0.15, 0.2) is 12.2 Å². The number of alkyl halides is 3. The van der Waals surface area contributed by atoms with Gasteiger partial charge in [-0.1, -0.05) is 0 Å². The highest BCUT2D eigenvalue weighted by atomic mass is 19.4. The van der Waals surface area contributed by atoms with E-state index >= 15 is 0 Å². The zero-order valence-electron chi connectivity index (χ0n) is 19.8. The van der Waals surface area contributed by atoms with Crippen LogP contribution in [0.15, 0.2) is 18.2 Å². The topological polar surface area (TPSA) is 167 Å². The Bertz CT molecular complexity index is 1060. The summed E-state index contributed by atoms with van der Waals surface area (Å²) in [5.74, 6) is -4.63. The van der Waals surface area contributed by atoms with Crippen molar-refractivity contribution in [3.8, 4) is 5.75 Å². The number of hydrogen-bond donors (Lipinski definition) is 0. The quantitative estimate of drug-likeness (QED) is 0.205. The molecule has 0 spiro atoms. The highest BCUT2D eigenvalue weighted by molar-refractivity contribution is 5.68. The van der Waals surface area contributed by atoms with E-state index in [-0.39, 0.29) is 6.07 Å².